The summed E-state index contributed by atoms with van der Waals surface area (Å²) in [6.07, 6.45) is 1.94. The number of nitrogens with one attached hydrogen (secondary N) is 2. The minimum Gasteiger partial charge on any atom is -0.351 e. The standard InChI is InChI=1S/C32H33N3O2S2/c1-5-35(6-2)17-16-33-32(37)30-20(3)29(38-21(30)4)19-25-24-18-23(12-13-26(24)34-31(25)36)28-15-14-27(39-28)22-10-8-7-9-11-22/h7-15,18-19H,5-6,16-17H2,1-4H3,(H,33,37)(H,34,36)/b25-19-. The molecule has 0 atom stereocenters. The van der Waals surface area contributed by atoms with Gasteiger partial charge in [0.2, 0.25) is 0 Å². The Morgan fingerprint density at radius 2 is 1.67 bits per heavy atom. The first-order valence-corrected chi connectivity index (χ1v) is 15.0. The number of carbonyl (C=O) groups is 2. The second kappa shape index (κ2) is 11.7. The first kappa shape index (κ1) is 27.1. The number of rotatable bonds is 9. The van der Waals surface area contributed by atoms with Crippen LogP contribution in [0.15, 0.2) is 60.7 Å². The molecule has 1 aliphatic rings. The van der Waals surface area contributed by atoms with Gasteiger partial charge in [-0.3, -0.25) is 9.59 Å². The van der Waals surface area contributed by atoms with Crippen LogP contribution >= 0.6 is 22.7 Å². The van der Waals surface area contributed by atoms with Crippen molar-refractivity contribution in [3.63, 3.8) is 0 Å². The first-order valence-electron chi connectivity index (χ1n) is 13.3. The van der Waals surface area contributed by atoms with Gasteiger partial charge in [0.1, 0.15) is 0 Å². The van der Waals surface area contributed by atoms with Gasteiger partial charge in [0.05, 0.1) is 11.1 Å². The zero-order valence-electron chi connectivity index (χ0n) is 22.8. The maximum absolute atomic E-state index is 13.0. The van der Waals surface area contributed by atoms with E-state index < -0.39 is 0 Å². The Bertz CT molecular complexity index is 1540. The first-order chi connectivity index (χ1) is 18.9. The van der Waals surface area contributed by atoms with Gasteiger partial charge >= 0.3 is 0 Å². The Morgan fingerprint density at radius 3 is 2.38 bits per heavy atom. The molecule has 5 nitrogen and oxygen atoms in total. The Balaban J connectivity index is 1.41. The van der Waals surface area contributed by atoms with E-state index in [-0.39, 0.29) is 11.8 Å². The number of amides is 2. The number of benzene rings is 2. The molecule has 2 aromatic heterocycles. The highest BCUT2D eigenvalue weighted by atomic mass is 32.1. The zero-order valence-corrected chi connectivity index (χ0v) is 24.4. The fourth-order valence-electron chi connectivity index (χ4n) is 4.97. The fraction of sp³-hybridized carbons (Fsp3) is 0.250. The smallest absolute Gasteiger partial charge is 0.256 e. The number of fused-ring (bicyclic) bond motifs is 1. The molecule has 0 unspecified atom stereocenters. The van der Waals surface area contributed by atoms with E-state index in [1.165, 1.54) is 10.4 Å². The van der Waals surface area contributed by atoms with Crippen molar-refractivity contribution in [1.82, 2.24) is 10.2 Å². The molecule has 2 amide bonds. The van der Waals surface area contributed by atoms with Crippen LogP contribution < -0.4 is 10.6 Å². The Kier molecular flexibility index (Phi) is 8.12. The van der Waals surface area contributed by atoms with Crippen molar-refractivity contribution in [2.24, 2.45) is 0 Å². The fourth-order valence-corrected chi connectivity index (χ4v) is 7.09. The second-order valence-corrected chi connectivity index (χ2v) is 11.9. The zero-order chi connectivity index (χ0) is 27.5. The summed E-state index contributed by atoms with van der Waals surface area (Å²) in [6, 6.07) is 20.8. The molecule has 0 spiro atoms. The maximum atomic E-state index is 13.0. The number of likely N-dealkylation sites (N-methyl/N-ethyl adjacent to an activating group) is 1. The summed E-state index contributed by atoms with van der Waals surface area (Å²) in [5.74, 6) is -0.169. The van der Waals surface area contributed by atoms with E-state index in [0.717, 1.165) is 56.6 Å². The topological polar surface area (TPSA) is 61.4 Å². The van der Waals surface area contributed by atoms with Gasteiger partial charge in [-0.2, -0.15) is 0 Å². The van der Waals surface area contributed by atoms with Crippen LogP contribution in [-0.2, 0) is 4.79 Å². The van der Waals surface area contributed by atoms with Crippen LogP contribution in [0.3, 0.4) is 0 Å². The second-order valence-electron chi connectivity index (χ2n) is 9.61. The lowest BCUT2D eigenvalue weighted by Crippen LogP contribution is -2.35. The lowest BCUT2D eigenvalue weighted by atomic mass is 10.0. The number of hydrogen-bond donors (Lipinski definition) is 2. The van der Waals surface area contributed by atoms with E-state index in [4.69, 9.17) is 0 Å². The SMILES string of the molecule is CCN(CC)CCNC(=O)c1c(C)sc(/C=C2\C(=O)Nc3ccc(-c4ccc(-c5ccccc5)s4)cc32)c1C. The molecule has 0 saturated heterocycles. The van der Waals surface area contributed by atoms with Crippen molar-refractivity contribution in [1.29, 1.82) is 0 Å². The third-order valence-corrected chi connectivity index (χ3v) is 9.56. The molecule has 200 valence electrons. The Hall–Kier alpha value is -3.52. The molecule has 7 heteroatoms. The summed E-state index contributed by atoms with van der Waals surface area (Å²) in [6.45, 7) is 11.6. The van der Waals surface area contributed by atoms with Crippen LogP contribution in [0.2, 0.25) is 0 Å². The van der Waals surface area contributed by atoms with Gasteiger partial charge in [-0.05, 0) is 74.0 Å². The molecule has 0 radical (unpaired) electrons. The van der Waals surface area contributed by atoms with Gasteiger partial charge in [0, 0.05) is 43.8 Å². The quantitative estimate of drug-likeness (QED) is 0.213. The van der Waals surface area contributed by atoms with Gasteiger partial charge < -0.3 is 15.5 Å². The average molecular weight is 556 g/mol. The molecule has 1 aliphatic heterocycles. The minimum absolute atomic E-state index is 0.0523. The predicted molar refractivity (Wildman–Crippen MR) is 166 cm³/mol. The molecular weight excluding hydrogens is 523 g/mol. The molecule has 2 N–H and O–H groups in total. The van der Waals surface area contributed by atoms with E-state index in [0.29, 0.717) is 17.7 Å². The van der Waals surface area contributed by atoms with Crippen molar-refractivity contribution in [2.45, 2.75) is 27.7 Å². The van der Waals surface area contributed by atoms with Gasteiger partial charge in [0.25, 0.3) is 11.8 Å². The molecule has 0 aliphatic carbocycles. The van der Waals surface area contributed by atoms with Crippen molar-refractivity contribution < 1.29 is 9.59 Å². The highest BCUT2D eigenvalue weighted by Gasteiger charge is 2.26. The third kappa shape index (κ3) is 5.62. The van der Waals surface area contributed by atoms with Crippen LogP contribution in [0.1, 0.15) is 45.1 Å². The van der Waals surface area contributed by atoms with Gasteiger partial charge in [0.15, 0.2) is 0 Å². The lowest BCUT2D eigenvalue weighted by Gasteiger charge is -2.18. The normalized spacial score (nSPS) is 13.7. The third-order valence-electron chi connectivity index (χ3n) is 7.22. The highest BCUT2D eigenvalue weighted by molar-refractivity contribution is 7.18. The molecule has 0 bridgehead atoms. The van der Waals surface area contributed by atoms with Crippen LogP contribution in [0.25, 0.3) is 32.5 Å². The maximum Gasteiger partial charge on any atom is 0.256 e. The van der Waals surface area contributed by atoms with E-state index in [1.54, 1.807) is 22.7 Å². The summed E-state index contributed by atoms with van der Waals surface area (Å²) >= 11 is 3.30. The summed E-state index contributed by atoms with van der Waals surface area (Å²) in [4.78, 5) is 32.6. The lowest BCUT2D eigenvalue weighted by molar-refractivity contribution is -0.110. The highest BCUT2D eigenvalue weighted by Crippen LogP contribution is 2.41. The van der Waals surface area contributed by atoms with Crippen molar-refractivity contribution in [3.05, 3.63) is 87.1 Å². The summed E-state index contributed by atoms with van der Waals surface area (Å²) in [5, 5.41) is 6.09. The average Bonchev–Trinajstić information content (AvgIpc) is 3.63. The van der Waals surface area contributed by atoms with Crippen LogP contribution in [0.4, 0.5) is 5.69 Å². The number of carbonyl (C=O) groups excluding carboxylic acids is 2. The Labute approximate surface area is 238 Å². The van der Waals surface area contributed by atoms with Gasteiger partial charge in [-0.1, -0.05) is 50.2 Å². The van der Waals surface area contributed by atoms with E-state index in [1.807, 2.05) is 44.2 Å². The molecule has 0 saturated carbocycles. The van der Waals surface area contributed by atoms with Crippen molar-refractivity contribution in [2.75, 3.05) is 31.5 Å². The Morgan fingerprint density at radius 1 is 0.949 bits per heavy atom. The molecule has 0 fully saturated rings. The van der Waals surface area contributed by atoms with Crippen LogP contribution in [0.5, 0.6) is 0 Å². The minimum atomic E-state index is -0.117. The molecule has 4 aromatic rings. The number of nitrogens with zero attached hydrogens (tertiary/aromatic N) is 1. The van der Waals surface area contributed by atoms with Gasteiger partial charge in [-0.15, -0.1) is 22.7 Å². The monoisotopic (exact) mass is 555 g/mol. The number of hydrogen-bond acceptors (Lipinski definition) is 5. The number of aryl methyl sites for hydroxylation is 1. The van der Waals surface area contributed by atoms with E-state index >= 15 is 0 Å². The predicted octanol–water partition coefficient (Wildman–Crippen LogP) is 7.32. The number of thiophene rings is 2. The van der Waals surface area contributed by atoms with Crippen LogP contribution in [-0.4, -0.2) is 42.9 Å². The summed E-state index contributed by atoms with van der Waals surface area (Å²) < 4.78 is 0. The van der Waals surface area contributed by atoms with Crippen LogP contribution in [0, 0.1) is 13.8 Å². The molecule has 5 rings (SSSR count). The van der Waals surface area contributed by atoms with Gasteiger partial charge in [-0.25, -0.2) is 0 Å². The van der Waals surface area contributed by atoms with Crippen molar-refractivity contribution in [3.8, 4) is 20.9 Å². The summed E-state index contributed by atoms with van der Waals surface area (Å²) in [5.41, 5.74) is 6.24. The number of anilines is 1. The summed E-state index contributed by atoms with van der Waals surface area (Å²) in [7, 11) is 0. The molecule has 2 aromatic carbocycles. The van der Waals surface area contributed by atoms with E-state index in [2.05, 4.69) is 65.8 Å². The van der Waals surface area contributed by atoms with E-state index in [9.17, 15) is 9.59 Å². The largest absolute Gasteiger partial charge is 0.351 e. The van der Waals surface area contributed by atoms with Crippen molar-refractivity contribution >= 4 is 51.8 Å². The molecule has 39 heavy (non-hydrogen) atoms. The molecular formula is C32H33N3O2S2. The molecule has 3 heterocycles.